The van der Waals surface area contributed by atoms with Gasteiger partial charge in [0.25, 0.3) is 0 Å². The van der Waals surface area contributed by atoms with Crippen molar-refractivity contribution in [3.05, 3.63) is 30.1 Å². The third-order valence-electron chi connectivity index (χ3n) is 3.69. The smallest absolute Gasteiger partial charge is 0.243 e. The molecule has 1 aromatic carbocycles. The third kappa shape index (κ3) is 4.64. The van der Waals surface area contributed by atoms with Crippen LogP contribution in [0.5, 0.6) is 0 Å². The van der Waals surface area contributed by atoms with Crippen LogP contribution in [0, 0.1) is 11.7 Å². The van der Waals surface area contributed by atoms with Crippen molar-refractivity contribution in [2.75, 3.05) is 26.2 Å². The Morgan fingerprint density at radius 1 is 1.33 bits per heavy atom. The van der Waals surface area contributed by atoms with Crippen LogP contribution < -0.4 is 5.32 Å². The Labute approximate surface area is 132 Å². The van der Waals surface area contributed by atoms with Gasteiger partial charge in [-0.15, -0.1) is 12.4 Å². The maximum atomic E-state index is 13.2. The first-order chi connectivity index (χ1) is 9.54. The van der Waals surface area contributed by atoms with Gasteiger partial charge >= 0.3 is 0 Å². The van der Waals surface area contributed by atoms with E-state index in [0.29, 0.717) is 19.0 Å². The predicted octanol–water partition coefficient (Wildman–Crippen LogP) is 2.26. The molecule has 0 atom stereocenters. The lowest BCUT2D eigenvalue weighted by Crippen LogP contribution is -2.40. The van der Waals surface area contributed by atoms with Crippen molar-refractivity contribution < 1.29 is 12.8 Å². The van der Waals surface area contributed by atoms with E-state index in [1.165, 1.54) is 22.5 Å². The summed E-state index contributed by atoms with van der Waals surface area (Å²) in [6.07, 6.45) is 1.70. The van der Waals surface area contributed by atoms with Crippen LogP contribution in [0.4, 0.5) is 4.39 Å². The summed E-state index contributed by atoms with van der Waals surface area (Å²) in [7, 11) is -3.56. The van der Waals surface area contributed by atoms with Gasteiger partial charge in [-0.25, -0.2) is 12.8 Å². The fourth-order valence-electron chi connectivity index (χ4n) is 2.48. The lowest BCUT2D eigenvalue weighted by atomic mass is 9.98. The van der Waals surface area contributed by atoms with Crippen molar-refractivity contribution in [2.45, 2.75) is 24.7 Å². The Morgan fingerprint density at radius 2 is 2.00 bits per heavy atom. The second-order valence-corrected chi connectivity index (χ2v) is 7.05. The van der Waals surface area contributed by atoms with Crippen LogP contribution in [0.15, 0.2) is 29.2 Å². The van der Waals surface area contributed by atoms with Crippen LogP contribution in [0.1, 0.15) is 19.8 Å². The Bertz CT molecular complexity index is 546. The summed E-state index contributed by atoms with van der Waals surface area (Å²) < 4.78 is 39.4. The van der Waals surface area contributed by atoms with Gasteiger partial charge in [-0.1, -0.05) is 13.0 Å². The number of piperidine rings is 1. The van der Waals surface area contributed by atoms with Crippen LogP contribution in [-0.2, 0) is 10.0 Å². The van der Waals surface area contributed by atoms with Gasteiger partial charge in [0.05, 0.1) is 4.90 Å². The number of hydrogen-bond donors (Lipinski definition) is 1. The number of rotatable bonds is 5. The van der Waals surface area contributed by atoms with Crippen molar-refractivity contribution >= 4 is 22.4 Å². The average Bonchev–Trinajstić information content (AvgIpc) is 2.45. The fourth-order valence-corrected chi connectivity index (χ4v) is 3.98. The molecule has 21 heavy (non-hydrogen) atoms. The Morgan fingerprint density at radius 3 is 2.57 bits per heavy atom. The molecule has 0 saturated carbocycles. The highest BCUT2D eigenvalue weighted by Crippen LogP contribution is 2.23. The zero-order valence-corrected chi connectivity index (χ0v) is 13.7. The average molecular weight is 337 g/mol. The molecule has 7 heteroatoms. The van der Waals surface area contributed by atoms with Crippen molar-refractivity contribution in [2.24, 2.45) is 5.92 Å². The van der Waals surface area contributed by atoms with Crippen molar-refractivity contribution in [1.29, 1.82) is 0 Å². The molecule has 1 fully saturated rings. The molecule has 0 radical (unpaired) electrons. The van der Waals surface area contributed by atoms with Gasteiger partial charge in [0.15, 0.2) is 0 Å². The third-order valence-corrected chi connectivity index (χ3v) is 5.59. The van der Waals surface area contributed by atoms with Crippen molar-refractivity contribution in [1.82, 2.24) is 9.62 Å². The second kappa shape index (κ2) is 8.08. The highest BCUT2D eigenvalue weighted by molar-refractivity contribution is 7.89. The van der Waals surface area contributed by atoms with E-state index in [2.05, 4.69) is 12.2 Å². The minimum Gasteiger partial charge on any atom is -0.317 e. The quantitative estimate of drug-likeness (QED) is 0.897. The lowest BCUT2D eigenvalue weighted by Gasteiger charge is -2.31. The van der Waals surface area contributed by atoms with Crippen LogP contribution in [-0.4, -0.2) is 38.9 Å². The van der Waals surface area contributed by atoms with Gasteiger partial charge in [-0.05, 0) is 50.0 Å². The van der Waals surface area contributed by atoms with Gasteiger partial charge in [-0.3, -0.25) is 0 Å². The minimum absolute atomic E-state index is 0. The largest absolute Gasteiger partial charge is 0.317 e. The molecule has 2 rings (SSSR count). The molecule has 1 N–H and O–H groups in total. The monoisotopic (exact) mass is 336 g/mol. The summed E-state index contributed by atoms with van der Waals surface area (Å²) in [6.45, 7) is 4.94. The van der Waals surface area contributed by atoms with Gasteiger partial charge in [-0.2, -0.15) is 4.31 Å². The summed E-state index contributed by atoms with van der Waals surface area (Å²) >= 11 is 0. The summed E-state index contributed by atoms with van der Waals surface area (Å²) in [4.78, 5) is 0.0441. The standard InChI is InChI=1S/C14H21FN2O2S.ClH/c1-2-16-11-12-6-8-17(9-7-12)20(18,19)14-5-3-4-13(15)10-14;/h3-5,10,12,16H,2,6-9,11H2,1H3;1H. The minimum atomic E-state index is -3.56. The molecular formula is C14H22ClFN2O2S. The van der Waals surface area contributed by atoms with E-state index in [1.807, 2.05) is 0 Å². The molecule has 0 amide bonds. The topological polar surface area (TPSA) is 49.4 Å². The van der Waals surface area contributed by atoms with E-state index in [1.54, 1.807) is 0 Å². The van der Waals surface area contributed by atoms with Crippen LogP contribution in [0.2, 0.25) is 0 Å². The van der Waals surface area contributed by atoms with Gasteiger partial charge in [0, 0.05) is 13.1 Å². The first-order valence-corrected chi connectivity index (χ1v) is 8.44. The molecule has 4 nitrogen and oxygen atoms in total. The van der Waals surface area contributed by atoms with Gasteiger partial charge in [0.2, 0.25) is 10.0 Å². The number of nitrogens with zero attached hydrogens (tertiary/aromatic N) is 1. The summed E-state index contributed by atoms with van der Waals surface area (Å²) in [5, 5.41) is 3.29. The van der Waals surface area contributed by atoms with Crippen LogP contribution >= 0.6 is 12.4 Å². The Hall–Kier alpha value is -0.690. The summed E-state index contributed by atoms with van der Waals surface area (Å²) in [6, 6.07) is 5.21. The number of sulfonamides is 1. The zero-order valence-electron chi connectivity index (χ0n) is 12.1. The fraction of sp³-hybridized carbons (Fsp3) is 0.571. The highest BCUT2D eigenvalue weighted by atomic mass is 35.5. The summed E-state index contributed by atoms with van der Waals surface area (Å²) in [5.41, 5.74) is 0. The SMILES string of the molecule is CCNCC1CCN(S(=O)(=O)c2cccc(F)c2)CC1.Cl. The Kier molecular flexibility index (Phi) is 7.06. The van der Waals surface area contributed by atoms with E-state index < -0.39 is 15.8 Å². The molecule has 0 spiro atoms. The molecule has 120 valence electrons. The maximum absolute atomic E-state index is 13.2. The molecule has 1 saturated heterocycles. The van der Waals surface area contributed by atoms with Crippen LogP contribution in [0.25, 0.3) is 0 Å². The maximum Gasteiger partial charge on any atom is 0.243 e. The molecule has 1 heterocycles. The normalized spacial score (nSPS) is 17.4. The first kappa shape index (κ1) is 18.4. The second-order valence-electron chi connectivity index (χ2n) is 5.11. The molecule has 1 aliphatic heterocycles. The summed E-state index contributed by atoms with van der Waals surface area (Å²) in [5.74, 6) is 0.00187. The molecule has 0 unspecified atom stereocenters. The molecule has 1 aromatic rings. The number of benzene rings is 1. The number of nitrogens with one attached hydrogen (secondary N) is 1. The molecule has 0 bridgehead atoms. The van der Waals surface area contributed by atoms with Crippen molar-refractivity contribution in [3.8, 4) is 0 Å². The molecular weight excluding hydrogens is 315 g/mol. The molecule has 1 aliphatic rings. The van der Waals surface area contributed by atoms with Gasteiger partial charge < -0.3 is 5.32 Å². The van der Waals surface area contributed by atoms with E-state index in [4.69, 9.17) is 0 Å². The number of hydrogen-bond acceptors (Lipinski definition) is 3. The van der Waals surface area contributed by atoms with Crippen molar-refractivity contribution in [3.63, 3.8) is 0 Å². The Balaban J connectivity index is 0.00000220. The highest BCUT2D eigenvalue weighted by Gasteiger charge is 2.29. The zero-order chi connectivity index (χ0) is 14.6. The first-order valence-electron chi connectivity index (χ1n) is 7.00. The van der Waals surface area contributed by atoms with E-state index in [0.717, 1.165) is 32.0 Å². The predicted molar refractivity (Wildman–Crippen MR) is 83.7 cm³/mol. The van der Waals surface area contributed by atoms with E-state index in [-0.39, 0.29) is 17.3 Å². The molecule has 0 aliphatic carbocycles. The molecule has 0 aromatic heterocycles. The van der Waals surface area contributed by atoms with E-state index in [9.17, 15) is 12.8 Å². The van der Waals surface area contributed by atoms with Gasteiger partial charge in [0.1, 0.15) is 5.82 Å². The van der Waals surface area contributed by atoms with E-state index >= 15 is 0 Å². The number of halogens is 2. The van der Waals surface area contributed by atoms with Crippen LogP contribution in [0.3, 0.4) is 0 Å². The lowest BCUT2D eigenvalue weighted by molar-refractivity contribution is 0.268.